The molecular formula is C20H30N2O4. The fraction of sp³-hybridized carbons (Fsp3) is 0.650. The Kier molecular flexibility index (Phi) is 6.64. The monoisotopic (exact) mass is 362 g/mol. The minimum absolute atomic E-state index is 0.203. The van der Waals surface area contributed by atoms with Gasteiger partial charge in [0.2, 0.25) is 0 Å². The minimum atomic E-state index is -0.628. The zero-order valence-electron chi connectivity index (χ0n) is 16.0. The van der Waals surface area contributed by atoms with E-state index in [4.69, 9.17) is 24.0 Å². The molecular weight excluding hydrogens is 332 g/mol. The molecule has 0 aromatic heterocycles. The van der Waals surface area contributed by atoms with Crippen LogP contribution in [-0.2, 0) is 25.6 Å². The minimum Gasteiger partial charge on any atom is -0.382 e. The molecule has 2 fully saturated rings. The van der Waals surface area contributed by atoms with Gasteiger partial charge in [-0.15, -0.1) is 0 Å². The van der Waals surface area contributed by atoms with Crippen molar-refractivity contribution in [2.75, 3.05) is 33.5 Å². The fourth-order valence-electron chi connectivity index (χ4n) is 3.35. The smallest absolute Gasteiger partial charge is 0.164 e. The first-order chi connectivity index (χ1) is 12.6. The third-order valence-corrected chi connectivity index (χ3v) is 4.71. The maximum absolute atomic E-state index is 6.09. The first-order valence-corrected chi connectivity index (χ1v) is 9.34. The lowest BCUT2D eigenvalue weighted by atomic mass is 10.2. The molecule has 0 aliphatic carbocycles. The van der Waals surface area contributed by atoms with Crippen molar-refractivity contribution in [2.45, 2.75) is 51.2 Å². The molecule has 6 nitrogen and oxygen atoms in total. The van der Waals surface area contributed by atoms with Crippen molar-refractivity contribution in [3.63, 3.8) is 0 Å². The maximum Gasteiger partial charge on any atom is 0.164 e. The van der Waals surface area contributed by atoms with Gasteiger partial charge in [0, 0.05) is 13.7 Å². The first-order valence-electron chi connectivity index (χ1n) is 9.34. The molecule has 2 aliphatic rings. The number of hydrogen-bond donors (Lipinski definition) is 0. The highest BCUT2D eigenvalue weighted by atomic mass is 16.7. The van der Waals surface area contributed by atoms with Crippen LogP contribution in [-0.4, -0.2) is 62.1 Å². The van der Waals surface area contributed by atoms with Crippen LogP contribution in [0.15, 0.2) is 35.4 Å². The van der Waals surface area contributed by atoms with Crippen molar-refractivity contribution >= 4 is 5.71 Å². The zero-order valence-corrected chi connectivity index (χ0v) is 16.0. The fourth-order valence-corrected chi connectivity index (χ4v) is 3.35. The molecule has 0 amide bonds. The van der Waals surface area contributed by atoms with E-state index in [9.17, 15) is 0 Å². The first kappa shape index (κ1) is 19.3. The molecule has 0 bridgehead atoms. The lowest BCUT2D eigenvalue weighted by Gasteiger charge is -2.37. The third-order valence-electron chi connectivity index (χ3n) is 4.71. The summed E-state index contributed by atoms with van der Waals surface area (Å²) in [7, 11) is 1.74. The van der Waals surface area contributed by atoms with Gasteiger partial charge < -0.3 is 18.9 Å². The van der Waals surface area contributed by atoms with Crippen molar-refractivity contribution < 1.29 is 18.9 Å². The van der Waals surface area contributed by atoms with Crippen LogP contribution in [0, 0.1) is 0 Å². The predicted molar refractivity (Wildman–Crippen MR) is 100 cm³/mol. The molecule has 3 rings (SSSR count). The molecule has 0 radical (unpaired) electrons. The Morgan fingerprint density at radius 1 is 1.23 bits per heavy atom. The highest BCUT2D eigenvalue weighted by Gasteiger charge is 2.35. The van der Waals surface area contributed by atoms with Gasteiger partial charge in [-0.1, -0.05) is 30.3 Å². The molecule has 0 saturated carbocycles. The predicted octanol–water partition coefficient (Wildman–Crippen LogP) is 2.82. The van der Waals surface area contributed by atoms with Crippen LogP contribution in [0.1, 0.15) is 32.3 Å². The Morgan fingerprint density at radius 2 is 2.04 bits per heavy atom. The van der Waals surface area contributed by atoms with E-state index in [-0.39, 0.29) is 6.10 Å². The van der Waals surface area contributed by atoms with Crippen molar-refractivity contribution in [3.05, 3.63) is 35.9 Å². The normalized spacial score (nSPS) is 27.2. The van der Waals surface area contributed by atoms with E-state index in [2.05, 4.69) is 17.1 Å². The topological polar surface area (TPSA) is 52.5 Å². The lowest BCUT2D eigenvalue weighted by Crippen LogP contribution is -2.49. The zero-order chi connectivity index (χ0) is 18.4. The van der Waals surface area contributed by atoms with E-state index in [1.165, 1.54) is 0 Å². The maximum atomic E-state index is 6.09. The highest BCUT2D eigenvalue weighted by molar-refractivity contribution is 5.90. The summed E-state index contributed by atoms with van der Waals surface area (Å²) in [5, 5.41) is 6.97. The number of benzene rings is 1. The van der Waals surface area contributed by atoms with E-state index in [1.54, 1.807) is 7.11 Å². The molecule has 1 aromatic carbocycles. The van der Waals surface area contributed by atoms with Gasteiger partial charge in [-0.25, -0.2) is 0 Å². The van der Waals surface area contributed by atoms with Crippen LogP contribution in [0.25, 0.3) is 0 Å². The Labute approximate surface area is 156 Å². The van der Waals surface area contributed by atoms with Gasteiger partial charge >= 0.3 is 0 Å². The van der Waals surface area contributed by atoms with E-state index in [0.29, 0.717) is 32.5 Å². The van der Waals surface area contributed by atoms with E-state index < -0.39 is 5.79 Å². The molecule has 1 aromatic rings. The van der Waals surface area contributed by atoms with Crippen molar-refractivity contribution in [3.8, 4) is 0 Å². The molecule has 2 heterocycles. The quantitative estimate of drug-likeness (QED) is 0.747. The molecule has 2 atom stereocenters. The highest BCUT2D eigenvalue weighted by Crippen LogP contribution is 2.24. The van der Waals surface area contributed by atoms with Crippen molar-refractivity contribution in [1.29, 1.82) is 0 Å². The summed E-state index contributed by atoms with van der Waals surface area (Å²) in [5.74, 6) is -0.628. The van der Waals surface area contributed by atoms with Crippen LogP contribution in [0.2, 0.25) is 0 Å². The van der Waals surface area contributed by atoms with Gasteiger partial charge in [0.25, 0.3) is 0 Å². The molecule has 2 saturated heterocycles. The molecule has 0 N–H and O–H groups in total. The van der Waals surface area contributed by atoms with Crippen molar-refractivity contribution in [1.82, 2.24) is 5.01 Å². The Bertz CT molecular complexity index is 591. The molecule has 6 heteroatoms. The summed E-state index contributed by atoms with van der Waals surface area (Å²) in [4.78, 5) is 0. The number of hydrogen-bond acceptors (Lipinski definition) is 6. The van der Waals surface area contributed by atoms with Gasteiger partial charge in [0.1, 0.15) is 6.10 Å². The van der Waals surface area contributed by atoms with E-state index in [0.717, 1.165) is 30.7 Å². The number of ether oxygens (including phenoxy) is 4. The number of nitrogens with zero attached hydrogens (tertiary/aromatic N) is 2. The second kappa shape index (κ2) is 8.95. The Hall–Kier alpha value is -1.47. The van der Waals surface area contributed by atoms with Gasteiger partial charge in [-0.2, -0.15) is 5.10 Å². The average molecular weight is 362 g/mol. The second-order valence-corrected chi connectivity index (χ2v) is 7.30. The summed E-state index contributed by atoms with van der Waals surface area (Å²) < 4.78 is 23.1. The average Bonchev–Trinajstić information content (AvgIpc) is 3.05. The summed E-state index contributed by atoms with van der Waals surface area (Å²) in [5.41, 5.74) is 2.04. The molecule has 26 heavy (non-hydrogen) atoms. The number of methoxy groups -OCH3 is 1. The third kappa shape index (κ3) is 5.27. The molecule has 0 spiro atoms. The SMILES string of the molecule is COC[C@@H]1CCCN1/N=C1\COC(C)(C)OC1COCc1ccccc1. The largest absolute Gasteiger partial charge is 0.382 e. The Balaban J connectivity index is 1.63. The van der Waals surface area contributed by atoms with E-state index in [1.807, 2.05) is 32.0 Å². The van der Waals surface area contributed by atoms with Gasteiger partial charge in [-0.3, -0.25) is 5.01 Å². The summed E-state index contributed by atoms with van der Waals surface area (Å²) in [6.07, 6.45) is 2.03. The van der Waals surface area contributed by atoms with Crippen LogP contribution in [0.5, 0.6) is 0 Å². The van der Waals surface area contributed by atoms with E-state index >= 15 is 0 Å². The van der Waals surface area contributed by atoms with Crippen LogP contribution in [0.4, 0.5) is 0 Å². The van der Waals surface area contributed by atoms with Crippen LogP contribution < -0.4 is 0 Å². The summed E-state index contributed by atoms with van der Waals surface area (Å²) >= 11 is 0. The number of hydrazone groups is 1. The molecule has 1 unspecified atom stereocenters. The van der Waals surface area contributed by atoms with Gasteiger partial charge in [0.15, 0.2) is 5.79 Å². The molecule has 144 valence electrons. The van der Waals surface area contributed by atoms with Crippen LogP contribution in [0.3, 0.4) is 0 Å². The Morgan fingerprint density at radius 3 is 2.81 bits per heavy atom. The lowest BCUT2D eigenvalue weighted by molar-refractivity contribution is -0.242. The van der Waals surface area contributed by atoms with Crippen molar-refractivity contribution in [2.24, 2.45) is 5.10 Å². The number of rotatable bonds is 7. The van der Waals surface area contributed by atoms with Gasteiger partial charge in [-0.05, 0) is 32.3 Å². The summed E-state index contributed by atoms with van der Waals surface area (Å²) in [6, 6.07) is 10.5. The second-order valence-electron chi connectivity index (χ2n) is 7.30. The standard InChI is InChI=1S/C20H30N2O4/c1-20(2)25-14-18(21-22-11-7-10-17(22)13-23-3)19(26-20)15-24-12-16-8-5-4-6-9-16/h4-6,8-9,17,19H,7,10-15H2,1-3H3/b21-18+/t17-,19?/m0/s1. The van der Waals surface area contributed by atoms with Gasteiger partial charge in [0.05, 0.1) is 38.2 Å². The van der Waals surface area contributed by atoms with Crippen LogP contribution >= 0.6 is 0 Å². The molecule has 2 aliphatic heterocycles. The summed E-state index contributed by atoms with van der Waals surface area (Å²) in [6.45, 7) is 6.98.